The molecular weight excluding hydrogens is 294 g/mol. The maximum atomic E-state index is 12.0. The van der Waals surface area contributed by atoms with Crippen molar-refractivity contribution in [2.24, 2.45) is 0 Å². The van der Waals surface area contributed by atoms with E-state index in [0.717, 1.165) is 6.26 Å². The van der Waals surface area contributed by atoms with Gasteiger partial charge in [0.1, 0.15) is 18.9 Å². The van der Waals surface area contributed by atoms with Gasteiger partial charge in [-0.3, -0.25) is 9.52 Å². The standard InChI is InChI=1S/C12H11N5O3S/c1-21(19,20)16-10-4-2-9(3-5-10)11(18)7-17-8-14-12(6-13)15-17/h2-5,8,16H,7H2,1H3. The number of hydrogen-bond acceptors (Lipinski definition) is 6. The van der Waals surface area contributed by atoms with Crippen LogP contribution >= 0.6 is 0 Å². The molecule has 108 valence electrons. The number of Topliss-reactive ketones (excluding diaryl/α,β-unsaturated/α-hetero) is 1. The molecule has 0 aliphatic heterocycles. The lowest BCUT2D eigenvalue weighted by Gasteiger charge is -2.05. The molecule has 0 spiro atoms. The number of nitrogens with zero attached hydrogens (tertiary/aromatic N) is 4. The van der Waals surface area contributed by atoms with Gasteiger partial charge in [0.25, 0.3) is 5.82 Å². The first-order valence-electron chi connectivity index (χ1n) is 5.78. The summed E-state index contributed by atoms with van der Waals surface area (Å²) in [5.41, 5.74) is 0.782. The number of sulfonamides is 1. The Balaban J connectivity index is 2.08. The lowest BCUT2D eigenvalue weighted by atomic mass is 10.1. The van der Waals surface area contributed by atoms with Crippen molar-refractivity contribution in [3.63, 3.8) is 0 Å². The van der Waals surface area contributed by atoms with Crippen LogP contribution in [0.1, 0.15) is 16.2 Å². The van der Waals surface area contributed by atoms with E-state index < -0.39 is 10.0 Å². The predicted molar refractivity (Wildman–Crippen MR) is 74.0 cm³/mol. The molecule has 8 nitrogen and oxygen atoms in total. The topological polar surface area (TPSA) is 118 Å². The van der Waals surface area contributed by atoms with Crippen LogP contribution < -0.4 is 4.72 Å². The average Bonchev–Trinajstić information content (AvgIpc) is 2.85. The smallest absolute Gasteiger partial charge is 0.252 e. The second-order valence-electron chi connectivity index (χ2n) is 4.25. The number of ketones is 1. The fourth-order valence-electron chi connectivity index (χ4n) is 1.60. The van der Waals surface area contributed by atoms with E-state index in [1.165, 1.54) is 35.3 Å². The van der Waals surface area contributed by atoms with Gasteiger partial charge in [-0.25, -0.2) is 18.1 Å². The van der Waals surface area contributed by atoms with E-state index >= 15 is 0 Å². The van der Waals surface area contributed by atoms with Gasteiger partial charge in [-0.1, -0.05) is 0 Å². The highest BCUT2D eigenvalue weighted by Gasteiger charge is 2.09. The zero-order valence-electron chi connectivity index (χ0n) is 11.0. The molecule has 0 aliphatic carbocycles. The summed E-state index contributed by atoms with van der Waals surface area (Å²) in [5.74, 6) is -0.231. The third kappa shape index (κ3) is 4.12. The van der Waals surface area contributed by atoms with Gasteiger partial charge in [-0.05, 0) is 24.3 Å². The molecule has 0 fully saturated rings. The molecule has 2 rings (SSSR count). The van der Waals surface area contributed by atoms with Crippen LogP contribution in [0.15, 0.2) is 30.6 Å². The van der Waals surface area contributed by atoms with Crippen molar-refractivity contribution in [3.8, 4) is 6.07 Å². The van der Waals surface area contributed by atoms with Gasteiger partial charge in [0.05, 0.1) is 6.26 Å². The number of benzene rings is 1. The molecular formula is C12H11N5O3S. The Morgan fingerprint density at radius 1 is 1.38 bits per heavy atom. The summed E-state index contributed by atoms with van der Waals surface area (Å²) in [7, 11) is -3.35. The third-order valence-corrected chi connectivity index (χ3v) is 3.06. The van der Waals surface area contributed by atoms with Crippen molar-refractivity contribution in [3.05, 3.63) is 42.0 Å². The average molecular weight is 305 g/mol. The van der Waals surface area contributed by atoms with Crippen molar-refractivity contribution in [2.45, 2.75) is 6.54 Å². The molecule has 9 heteroatoms. The Morgan fingerprint density at radius 3 is 2.57 bits per heavy atom. The van der Waals surface area contributed by atoms with Gasteiger partial charge in [-0.15, -0.1) is 5.10 Å². The van der Waals surface area contributed by atoms with E-state index in [0.29, 0.717) is 11.3 Å². The first-order chi connectivity index (χ1) is 9.87. The number of nitrogens with one attached hydrogen (secondary N) is 1. The van der Waals surface area contributed by atoms with Crippen LogP contribution in [-0.2, 0) is 16.6 Å². The summed E-state index contributed by atoms with van der Waals surface area (Å²) in [6, 6.07) is 7.79. The number of carbonyl (C=O) groups is 1. The summed E-state index contributed by atoms with van der Waals surface area (Å²) in [6.07, 6.45) is 2.35. The van der Waals surface area contributed by atoms with Crippen molar-refractivity contribution in [2.75, 3.05) is 11.0 Å². The molecule has 0 saturated carbocycles. The van der Waals surface area contributed by atoms with Crippen molar-refractivity contribution < 1.29 is 13.2 Å². The molecule has 1 aromatic heterocycles. The first kappa shape index (κ1) is 14.7. The quantitative estimate of drug-likeness (QED) is 0.799. The van der Waals surface area contributed by atoms with Crippen LogP contribution in [0.3, 0.4) is 0 Å². The fraction of sp³-hybridized carbons (Fsp3) is 0.167. The lowest BCUT2D eigenvalue weighted by molar-refractivity contribution is 0.0967. The van der Waals surface area contributed by atoms with Crippen LogP contribution in [0.5, 0.6) is 0 Å². The van der Waals surface area contributed by atoms with E-state index in [9.17, 15) is 13.2 Å². The molecule has 0 unspecified atom stereocenters. The van der Waals surface area contributed by atoms with Crippen LogP contribution in [-0.4, -0.2) is 35.2 Å². The molecule has 1 aromatic carbocycles. The van der Waals surface area contributed by atoms with E-state index in [-0.39, 0.29) is 18.2 Å². The van der Waals surface area contributed by atoms with Crippen molar-refractivity contribution in [1.82, 2.24) is 14.8 Å². The van der Waals surface area contributed by atoms with E-state index in [2.05, 4.69) is 14.8 Å². The van der Waals surface area contributed by atoms with E-state index in [4.69, 9.17) is 5.26 Å². The highest BCUT2D eigenvalue weighted by molar-refractivity contribution is 7.92. The Kier molecular flexibility index (Phi) is 4.00. The largest absolute Gasteiger partial charge is 0.292 e. The number of carbonyl (C=O) groups excluding carboxylic acids is 1. The summed E-state index contributed by atoms with van der Waals surface area (Å²) in [4.78, 5) is 15.7. The van der Waals surface area contributed by atoms with E-state index in [1.54, 1.807) is 6.07 Å². The van der Waals surface area contributed by atoms with Crippen LogP contribution in [0.4, 0.5) is 5.69 Å². The zero-order valence-corrected chi connectivity index (χ0v) is 11.8. The summed E-state index contributed by atoms with van der Waals surface area (Å²) >= 11 is 0. The van der Waals surface area contributed by atoms with Crippen LogP contribution in [0.25, 0.3) is 0 Å². The molecule has 0 amide bonds. The molecule has 0 atom stereocenters. The second-order valence-corrected chi connectivity index (χ2v) is 6.00. The summed E-state index contributed by atoms with van der Waals surface area (Å²) < 4.78 is 25.7. The minimum Gasteiger partial charge on any atom is -0.292 e. The Bertz CT molecular complexity index is 802. The monoisotopic (exact) mass is 305 g/mol. The predicted octanol–water partition coefficient (Wildman–Crippen LogP) is 0.404. The minimum absolute atomic E-state index is 0.00417. The van der Waals surface area contributed by atoms with Gasteiger partial charge >= 0.3 is 0 Å². The maximum Gasteiger partial charge on any atom is 0.252 e. The van der Waals surface area contributed by atoms with E-state index in [1.807, 2.05) is 0 Å². The Hall–Kier alpha value is -2.73. The normalized spacial score (nSPS) is 10.9. The first-order valence-corrected chi connectivity index (χ1v) is 7.67. The van der Waals surface area contributed by atoms with Crippen molar-refractivity contribution >= 4 is 21.5 Å². The number of nitriles is 1. The van der Waals surface area contributed by atoms with Gasteiger partial charge in [0.15, 0.2) is 5.78 Å². The maximum absolute atomic E-state index is 12.0. The molecule has 21 heavy (non-hydrogen) atoms. The molecule has 0 aliphatic rings. The van der Waals surface area contributed by atoms with Crippen LogP contribution in [0, 0.1) is 11.3 Å². The molecule has 0 saturated heterocycles. The van der Waals surface area contributed by atoms with Crippen molar-refractivity contribution in [1.29, 1.82) is 5.26 Å². The number of anilines is 1. The lowest BCUT2D eigenvalue weighted by Crippen LogP contribution is -2.12. The highest BCUT2D eigenvalue weighted by Crippen LogP contribution is 2.11. The van der Waals surface area contributed by atoms with Gasteiger partial charge in [-0.2, -0.15) is 5.26 Å². The molecule has 1 heterocycles. The number of aromatic nitrogens is 3. The van der Waals surface area contributed by atoms with Gasteiger partial charge in [0.2, 0.25) is 10.0 Å². The second kappa shape index (κ2) is 5.72. The molecule has 1 N–H and O–H groups in total. The molecule has 0 bridgehead atoms. The van der Waals surface area contributed by atoms with Crippen LogP contribution in [0.2, 0.25) is 0 Å². The SMILES string of the molecule is CS(=O)(=O)Nc1ccc(C(=O)Cn2cnc(C#N)n2)cc1. The fourth-order valence-corrected chi connectivity index (χ4v) is 2.16. The van der Waals surface area contributed by atoms with Gasteiger partial charge in [0, 0.05) is 11.3 Å². The molecule has 0 radical (unpaired) electrons. The number of hydrogen-bond donors (Lipinski definition) is 1. The minimum atomic E-state index is -3.35. The number of rotatable bonds is 5. The third-order valence-electron chi connectivity index (χ3n) is 2.45. The van der Waals surface area contributed by atoms with Gasteiger partial charge < -0.3 is 0 Å². The molecule has 2 aromatic rings. The zero-order chi connectivity index (χ0) is 15.5. The Morgan fingerprint density at radius 2 is 2.05 bits per heavy atom. The highest BCUT2D eigenvalue weighted by atomic mass is 32.2. The Labute approximate surface area is 121 Å². The summed E-state index contributed by atoms with van der Waals surface area (Å²) in [6.45, 7) is -0.0481. The summed E-state index contributed by atoms with van der Waals surface area (Å²) in [5, 5.41) is 12.4.